The van der Waals surface area contributed by atoms with Gasteiger partial charge in [-0.3, -0.25) is 0 Å². The second-order valence-electron chi connectivity index (χ2n) is 3.26. The van der Waals surface area contributed by atoms with Crippen molar-refractivity contribution in [3.05, 3.63) is 64.2 Å². The molecular weight excluding hydrogens is 275 g/mol. The summed E-state index contributed by atoms with van der Waals surface area (Å²) in [5.41, 5.74) is 1.30. The van der Waals surface area contributed by atoms with Crippen LogP contribution in [-0.2, 0) is 18.0 Å². The zero-order valence-electron chi connectivity index (χ0n) is 8.50. The first-order valence-electron chi connectivity index (χ1n) is 5.04. The molecule has 0 unspecified atom stereocenters. The molecule has 0 spiro atoms. The average molecular weight is 289 g/mol. The van der Waals surface area contributed by atoms with E-state index in [9.17, 15) is 0 Å². The molecular formula is C14H14Pd. The Kier molecular flexibility index (Phi) is 4.14. The quantitative estimate of drug-likeness (QED) is 0.734. The van der Waals surface area contributed by atoms with Gasteiger partial charge in [0.2, 0.25) is 0 Å². The Balaban J connectivity index is 1.76. The maximum atomic E-state index is 2.28. The molecule has 0 fully saturated rings. The van der Waals surface area contributed by atoms with Crippen LogP contribution in [0, 0.1) is 0 Å². The number of hydrogen-bond donors (Lipinski definition) is 0. The van der Waals surface area contributed by atoms with E-state index >= 15 is 0 Å². The van der Waals surface area contributed by atoms with E-state index < -0.39 is 0 Å². The van der Waals surface area contributed by atoms with Gasteiger partial charge in [-0.05, 0) is 0 Å². The van der Waals surface area contributed by atoms with Gasteiger partial charge in [0.25, 0.3) is 0 Å². The summed E-state index contributed by atoms with van der Waals surface area (Å²) >= 11 is 0.756. The van der Waals surface area contributed by atoms with Crippen LogP contribution < -0.4 is 0 Å². The molecule has 1 aliphatic carbocycles. The standard InChI is InChI=1S/C9H9.C5H5.Pd/c1-2-6-9-7-4-3-5-8-9;1-2-4-5-3-1;/h2-8H,1H2;1-3H,4H2;. The third kappa shape index (κ3) is 3.63. The van der Waals surface area contributed by atoms with Gasteiger partial charge >= 0.3 is 99.6 Å². The van der Waals surface area contributed by atoms with Crippen LogP contribution in [0.15, 0.2) is 58.7 Å². The van der Waals surface area contributed by atoms with Crippen molar-refractivity contribution in [1.82, 2.24) is 0 Å². The van der Waals surface area contributed by atoms with Crippen molar-refractivity contribution in [2.75, 3.05) is 0 Å². The summed E-state index contributed by atoms with van der Waals surface area (Å²) in [4.78, 5) is 1.19. The molecule has 1 aromatic rings. The van der Waals surface area contributed by atoms with E-state index in [1.165, 1.54) is 16.9 Å². The van der Waals surface area contributed by atoms with E-state index in [2.05, 4.69) is 60.7 Å². The van der Waals surface area contributed by atoms with Gasteiger partial charge in [0.1, 0.15) is 0 Å². The summed E-state index contributed by atoms with van der Waals surface area (Å²) in [7, 11) is 0. The van der Waals surface area contributed by atoms with E-state index in [1.54, 1.807) is 4.05 Å². The van der Waals surface area contributed by atoms with Gasteiger partial charge in [-0.15, -0.1) is 0 Å². The normalized spacial score (nSPS) is 15.1. The predicted molar refractivity (Wildman–Crippen MR) is 62.1 cm³/mol. The topological polar surface area (TPSA) is 0 Å². The van der Waals surface area contributed by atoms with Crippen molar-refractivity contribution in [2.45, 2.75) is 11.3 Å². The van der Waals surface area contributed by atoms with Gasteiger partial charge in [-0.1, -0.05) is 0 Å². The minimum atomic E-state index is 0.756. The second kappa shape index (κ2) is 5.86. The van der Waals surface area contributed by atoms with Crippen LogP contribution in [0.4, 0.5) is 0 Å². The van der Waals surface area contributed by atoms with Crippen LogP contribution in [0.5, 0.6) is 0 Å². The number of hydrogen-bond acceptors (Lipinski definition) is 0. The molecule has 0 saturated carbocycles. The van der Waals surface area contributed by atoms with Crippen molar-refractivity contribution in [3.63, 3.8) is 0 Å². The second-order valence-corrected chi connectivity index (χ2v) is 5.44. The van der Waals surface area contributed by atoms with Crippen LogP contribution >= 0.6 is 0 Å². The van der Waals surface area contributed by atoms with Crippen molar-refractivity contribution < 1.29 is 18.0 Å². The van der Waals surface area contributed by atoms with Crippen LogP contribution in [0.1, 0.15) is 12.0 Å². The van der Waals surface area contributed by atoms with E-state index in [-0.39, 0.29) is 0 Å². The minimum absolute atomic E-state index is 0.756. The third-order valence-electron chi connectivity index (χ3n) is 2.10. The number of rotatable bonds is 4. The summed E-state index contributed by atoms with van der Waals surface area (Å²) in [6.07, 6.45) is 12.3. The van der Waals surface area contributed by atoms with E-state index in [0.29, 0.717) is 0 Å². The molecule has 0 N–H and O–H groups in total. The summed E-state index contributed by atoms with van der Waals surface area (Å²) in [6.45, 7) is 0. The Morgan fingerprint density at radius 2 is 2.07 bits per heavy atom. The van der Waals surface area contributed by atoms with E-state index in [1.807, 2.05) is 0 Å². The van der Waals surface area contributed by atoms with E-state index in [4.69, 9.17) is 0 Å². The number of benzene rings is 1. The zero-order valence-corrected chi connectivity index (χ0v) is 10.1. The summed E-state index contributed by atoms with van der Waals surface area (Å²) < 4.78 is 1.60. The Morgan fingerprint density at radius 1 is 1.20 bits per heavy atom. The molecule has 0 nitrogen and oxygen atoms in total. The van der Waals surface area contributed by atoms with Gasteiger partial charge in [-0.25, -0.2) is 0 Å². The molecule has 0 aliphatic heterocycles. The fourth-order valence-corrected chi connectivity index (χ4v) is 2.86. The summed E-state index contributed by atoms with van der Waals surface area (Å²) in [5, 5.41) is 0. The number of allylic oxidation sites excluding steroid dienone is 5. The van der Waals surface area contributed by atoms with Crippen LogP contribution in [-0.4, -0.2) is 0 Å². The van der Waals surface area contributed by atoms with Gasteiger partial charge in [0.05, 0.1) is 0 Å². The molecule has 0 heterocycles. The van der Waals surface area contributed by atoms with Crippen molar-refractivity contribution >= 4 is 6.08 Å². The molecule has 1 aromatic carbocycles. The van der Waals surface area contributed by atoms with Gasteiger partial charge < -0.3 is 0 Å². The first kappa shape index (κ1) is 10.6. The first-order chi connectivity index (χ1) is 7.45. The SMILES string of the molecule is C1=CC[C]([Pd][CH2]C=Cc2ccccc2)=C1. The Labute approximate surface area is 99.6 Å². The fraction of sp³-hybridized carbons (Fsp3) is 0.143. The Bertz CT molecular complexity index is 385. The monoisotopic (exact) mass is 288 g/mol. The van der Waals surface area contributed by atoms with Gasteiger partial charge in [0.15, 0.2) is 0 Å². The molecule has 0 saturated heterocycles. The molecule has 1 aliphatic rings. The molecule has 0 amide bonds. The predicted octanol–water partition coefficient (Wildman–Crippen LogP) is 4.04. The summed E-state index contributed by atoms with van der Waals surface area (Å²) in [6, 6.07) is 10.5. The molecule has 0 atom stereocenters. The Hall–Kier alpha value is -0.898. The van der Waals surface area contributed by atoms with Crippen LogP contribution in [0.2, 0.25) is 4.89 Å². The molecule has 0 radical (unpaired) electrons. The molecule has 0 bridgehead atoms. The first-order valence-corrected chi connectivity index (χ1v) is 6.92. The van der Waals surface area contributed by atoms with Crippen molar-refractivity contribution in [2.24, 2.45) is 0 Å². The average Bonchev–Trinajstić information content (AvgIpc) is 2.79. The fourth-order valence-electron chi connectivity index (χ4n) is 1.35. The molecule has 80 valence electrons. The molecule has 2 rings (SSSR count). The van der Waals surface area contributed by atoms with Gasteiger partial charge in [0, 0.05) is 0 Å². The Morgan fingerprint density at radius 3 is 2.80 bits per heavy atom. The summed E-state index contributed by atoms with van der Waals surface area (Å²) in [5.74, 6) is 0. The van der Waals surface area contributed by atoms with Gasteiger partial charge in [-0.2, -0.15) is 0 Å². The van der Waals surface area contributed by atoms with Crippen LogP contribution in [0.3, 0.4) is 0 Å². The van der Waals surface area contributed by atoms with Crippen LogP contribution in [0.25, 0.3) is 6.08 Å². The van der Waals surface area contributed by atoms with Crippen molar-refractivity contribution in [1.29, 1.82) is 0 Å². The van der Waals surface area contributed by atoms with E-state index in [0.717, 1.165) is 18.0 Å². The van der Waals surface area contributed by atoms with Crippen molar-refractivity contribution in [3.8, 4) is 0 Å². The zero-order chi connectivity index (χ0) is 10.3. The third-order valence-corrected chi connectivity index (χ3v) is 4.06. The molecule has 15 heavy (non-hydrogen) atoms. The maximum absolute atomic E-state index is 2.28. The molecule has 1 heteroatoms. The molecule has 0 aromatic heterocycles.